The topological polar surface area (TPSA) is 83.6 Å². The number of aromatic nitrogens is 1. The minimum atomic E-state index is -4.63. The van der Waals surface area contributed by atoms with Gasteiger partial charge in [0.15, 0.2) is 0 Å². The SMILES string of the molecule is COc1ccc(NC(=O)c2cccc(C(F)(F)F)n2)cc1CN1CCC(C(=O)NC(C)(C)C)CC1. The molecule has 0 radical (unpaired) electrons. The van der Waals surface area contributed by atoms with Gasteiger partial charge >= 0.3 is 6.18 Å². The molecule has 35 heavy (non-hydrogen) atoms. The molecule has 1 aliphatic heterocycles. The maximum atomic E-state index is 12.9. The second-order valence-electron chi connectivity index (χ2n) is 9.68. The molecule has 0 aliphatic carbocycles. The number of halogens is 3. The second kappa shape index (κ2) is 10.6. The largest absolute Gasteiger partial charge is 0.496 e. The van der Waals surface area contributed by atoms with Crippen molar-refractivity contribution in [3.8, 4) is 5.75 Å². The number of benzene rings is 1. The van der Waals surface area contributed by atoms with Crippen LogP contribution >= 0.6 is 0 Å². The molecule has 2 N–H and O–H groups in total. The molecular weight excluding hydrogens is 461 g/mol. The smallest absolute Gasteiger partial charge is 0.433 e. The lowest BCUT2D eigenvalue weighted by Crippen LogP contribution is -2.46. The second-order valence-corrected chi connectivity index (χ2v) is 9.68. The van der Waals surface area contributed by atoms with E-state index in [0.29, 0.717) is 18.0 Å². The van der Waals surface area contributed by atoms with Gasteiger partial charge in [0.2, 0.25) is 5.91 Å². The van der Waals surface area contributed by atoms with Crippen molar-refractivity contribution in [2.45, 2.75) is 51.9 Å². The third-order valence-electron chi connectivity index (χ3n) is 5.66. The van der Waals surface area contributed by atoms with Gasteiger partial charge in [-0.15, -0.1) is 0 Å². The van der Waals surface area contributed by atoms with E-state index in [2.05, 4.69) is 20.5 Å². The van der Waals surface area contributed by atoms with Gasteiger partial charge in [-0.05, 0) is 77.0 Å². The Labute approximate surface area is 203 Å². The lowest BCUT2D eigenvalue weighted by Gasteiger charge is -2.33. The van der Waals surface area contributed by atoms with Crippen molar-refractivity contribution in [3.05, 3.63) is 53.3 Å². The minimum absolute atomic E-state index is 0.0297. The molecular formula is C25H31F3N4O3. The third-order valence-corrected chi connectivity index (χ3v) is 5.66. The molecule has 0 spiro atoms. The summed E-state index contributed by atoms with van der Waals surface area (Å²) in [6.45, 7) is 7.89. The summed E-state index contributed by atoms with van der Waals surface area (Å²) in [6.07, 6.45) is -3.16. The highest BCUT2D eigenvalue weighted by Gasteiger charge is 2.33. The van der Waals surface area contributed by atoms with E-state index < -0.39 is 17.8 Å². The van der Waals surface area contributed by atoms with Crippen LogP contribution in [-0.2, 0) is 17.5 Å². The standard InChI is InChI=1S/C25H31F3N4O3/c1-24(2,3)31-22(33)16-10-12-32(13-11-16)15-17-14-18(8-9-20(17)35-4)29-23(34)19-6-5-7-21(30-19)25(26,27)28/h5-9,14,16H,10-13,15H2,1-4H3,(H,29,34)(H,31,33). The number of methoxy groups -OCH3 is 1. The van der Waals surface area contributed by atoms with Crippen molar-refractivity contribution in [2.24, 2.45) is 5.92 Å². The number of nitrogens with one attached hydrogen (secondary N) is 2. The predicted molar refractivity (Wildman–Crippen MR) is 126 cm³/mol. The fourth-order valence-electron chi connectivity index (χ4n) is 3.96. The van der Waals surface area contributed by atoms with E-state index in [1.54, 1.807) is 25.3 Å². The summed E-state index contributed by atoms with van der Waals surface area (Å²) in [5.41, 5.74) is -0.479. The molecule has 1 fully saturated rings. The van der Waals surface area contributed by atoms with E-state index in [1.807, 2.05) is 20.8 Å². The van der Waals surface area contributed by atoms with Crippen LogP contribution in [0.1, 0.15) is 55.4 Å². The first-order chi connectivity index (χ1) is 16.4. The summed E-state index contributed by atoms with van der Waals surface area (Å²) in [4.78, 5) is 30.6. The van der Waals surface area contributed by atoms with Gasteiger partial charge in [0.05, 0.1) is 7.11 Å². The fraction of sp³-hybridized carbons (Fsp3) is 0.480. The monoisotopic (exact) mass is 492 g/mol. The molecule has 190 valence electrons. The summed E-state index contributed by atoms with van der Waals surface area (Å²) in [7, 11) is 1.55. The van der Waals surface area contributed by atoms with Gasteiger partial charge < -0.3 is 15.4 Å². The van der Waals surface area contributed by atoms with Crippen molar-refractivity contribution < 1.29 is 27.5 Å². The molecule has 0 bridgehead atoms. The van der Waals surface area contributed by atoms with Gasteiger partial charge in [0.1, 0.15) is 17.1 Å². The molecule has 1 aliphatic rings. The van der Waals surface area contributed by atoms with Crippen LogP contribution < -0.4 is 15.4 Å². The summed E-state index contributed by atoms with van der Waals surface area (Å²) in [5.74, 6) is -0.0636. The van der Waals surface area contributed by atoms with E-state index in [4.69, 9.17) is 4.74 Å². The highest BCUT2D eigenvalue weighted by Crippen LogP contribution is 2.29. The van der Waals surface area contributed by atoms with Crippen molar-refractivity contribution in [1.82, 2.24) is 15.2 Å². The molecule has 0 unspecified atom stereocenters. The minimum Gasteiger partial charge on any atom is -0.496 e. The van der Waals surface area contributed by atoms with E-state index in [1.165, 1.54) is 6.07 Å². The molecule has 0 saturated carbocycles. The number of hydrogen-bond acceptors (Lipinski definition) is 5. The summed E-state index contributed by atoms with van der Waals surface area (Å²) in [6, 6.07) is 8.26. The van der Waals surface area contributed by atoms with Crippen molar-refractivity contribution in [3.63, 3.8) is 0 Å². The maximum Gasteiger partial charge on any atom is 0.433 e. The highest BCUT2D eigenvalue weighted by molar-refractivity contribution is 6.03. The number of piperidine rings is 1. The summed E-state index contributed by atoms with van der Waals surface area (Å²) < 4.78 is 44.2. The number of hydrogen-bond donors (Lipinski definition) is 2. The highest BCUT2D eigenvalue weighted by atomic mass is 19.4. The van der Waals surface area contributed by atoms with Gasteiger partial charge in [-0.3, -0.25) is 14.5 Å². The Hall–Kier alpha value is -3.14. The van der Waals surface area contributed by atoms with Gasteiger partial charge in [-0.25, -0.2) is 4.98 Å². The Kier molecular flexibility index (Phi) is 8.04. The zero-order valence-corrected chi connectivity index (χ0v) is 20.3. The number of pyridine rings is 1. The van der Waals surface area contributed by atoms with Gasteiger partial charge in [-0.2, -0.15) is 13.2 Å². The first kappa shape index (κ1) is 26.5. The molecule has 2 heterocycles. The molecule has 2 aromatic rings. The molecule has 10 heteroatoms. The van der Waals surface area contributed by atoms with Gasteiger partial charge in [-0.1, -0.05) is 6.07 Å². The maximum absolute atomic E-state index is 12.9. The average molecular weight is 493 g/mol. The Morgan fingerprint density at radius 1 is 1.11 bits per heavy atom. The molecule has 2 amide bonds. The van der Waals surface area contributed by atoms with Crippen LogP contribution in [0, 0.1) is 5.92 Å². The van der Waals surface area contributed by atoms with Crippen LogP contribution in [0.25, 0.3) is 0 Å². The summed E-state index contributed by atoms with van der Waals surface area (Å²) >= 11 is 0. The van der Waals surface area contributed by atoms with E-state index >= 15 is 0 Å². The number of rotatable bonds is 6. The number of nitrogens with zero attached hydrogens (tertiary/aromatic N) is 2. The molecule has 1 aromatic carbocycles. The number of amides is 2. The van der Waals surface area contributed by atoms with Crippen LogP contribution in [0.15, 0.2) is 36.4 Å². The lowest BCUT2D eigenvalue weighted by atomic mass is 9.94. The number of carbonyl (C=O) groups is 2. The Morgan fingerprint density at radius 2 is 1.80 bits per heavy atom. The molecule has 0 atom stereocenters. The van der Waals surface area contributed by atoms with Gasteiger partial charge in [0.25, 0.3) is 5.91 Å². The number of anilines is 1. The average Bonchev–Trinajstić information content (AvgIpc) is 2.78. The normalized spacial score (nSPS) is 15.5. The number of alkyl halides is 3. The molecule has 1 aromatic heterocycles. The predicted octanol–water partition coefficient (Wildman–Crippen LogP) is 4.49. The van der Waals surface area contributed by atoms with Crippen LogP contribution in [0.2, 0.25) is 0 Å². The third kappa shape index (κ3) is 7.42. The molecule has 3 rings (SSSR count). The lowest BCUT2D eigenvalue weighted by molar-refractivity contribution is -0.141. The van der Waals surface area contributed by atoms with E-state index in [0.717, 1.165) is 43.6 Å². The van der Waals surface area contributed by atoms with Crippen molar-refractivity contribution in [2.75, 3.05) is 25.5 Å². The first-order valence-corrected chi connectivity index (χ1v) is 11.4. The van der Waals surface area contributed by atoms with Crippen LogP contribution in [0.5, 0.6) is 5.75 Å². The van der Waals surface area contributed by atoms with E-state index in [-0.39, 0.29) is 23.1 Å². The first-order valence-electron chi connectivity index (χ1n) is 11.4. The summed E-state index contributed by atoms with van der Waals surface area (Å²) in [5, 5.41) is 5.65. The zero-order valence-electron chi connectivity index (χ0n) is 20.3. The van der Waals surface area contributed by atoms with Gasteiger partial charge in [0, 0.05) is 29.3 Å². The van der Waals surface area contributed by atoms with E-state index in [9.17, 15) is 22.8 Å². The number of likely N-dealkylation sites (tertiary alicyclic amines) is 1. The Bertz CT molecular complexity index is 1060. The van der Waals surface area contributed by atoms with Crippen LogP contribution in [-0.4, -0.2) is 47.4 Å². The Balaban J connectivity index is 1.65. The number of ether oxygens (including phenoxy) is 1. The van der Waals surface area contributed by atoms with Crippen molar-refractivity contribution >= 4 is 17.5 Å². The zero-order chi connectivity index (χ0) is 25.8. The van der Waals surface area contributed by atoms with Crippen molar-refractivity contribution in [1.29, 1.82) is 0 Å². The molecule has 1 saturated heterocycles. The Morgan fingerprint density at radius 3 is 2.40 bits per heavy atom. The van der Waals surface area contributed by atoms with Crippen LogP contribution in [0.3, 0.4) is 0 Å². The molecule has 7 nitrogen and oxygen atoms in total. The number of carbonyl (C=O) groups excluding carboxylic acids is 2. The quantitative estimate of drug-likeness (QED) is 0.621. The van der Waals surface area contributed by atoms with Crippen LogP contribution in [0.4, 0.5) is 18.9 Å². The fourth-order valence-corrected chi connectivity index (χ4v) is 3.96.